The molecule has 2 N–H and O–H groups in total. The molecule has 0 aromatic carbocycles. The second kappa shape index (κ2) is 14.5. The Labute approximate surface area is 125 Å². The molecule has 0 radical (unpaired) electrons. The summed E-state index contributed by atoms with van der Waals surface area (Å²) in [7, 11) is 0. The molecule has 4 nitrogen and oxygen atoms in total. The maximum atomic E-state index is 11.2. The van der Waals surface area contributed by atoms with Crippen LogP contribution in [0.4, 0.5) is 0 Å². The smallest absolute Gasteiger partial charge is 0.226 e. The zero-order chi connectivity index (χ0) is 16.8. The number of carbonyl (C=O) groups excluding carboxylic acids is 2. The van der Waals surface area contributed by atoms with Crippen molar-refractivity contribution < 1.29 is 14.7 Å². The van der Waals surface area contributed by atoms with Crippen LogP contribution in [0.3, 0.4) is 0 Å². The van der Waals surface area contributed by atoms with Gasteiger partial charge in [0.25, 0.3) is 0 Å². The Balaban J connectivity index is -0.000000272. The molecule has 0 aliphatic carbocycles. The van der Waals surface area contributed by atoms with E-state index in [0.717, 1.165) is 0 Å². The molecular formula is C16H35NO3. The number of hydrogen-bond donors (Lipinski definition) is 2. The molecule has 0 aromatic heterocycles. The van der Waals surface area contributed by atoms with Gasteiger partial charge < -0.3 is 15.2 Å². The largest absolute Gasteiger partial charge is 0.387 e. The zero-order valence-corrected chi connectivity index (χ0v) is 14.5. The molecule has 1 aliphatic rings. The Hall–Kier alpha value is -0.900. The van der Waals surface area contributed by atoms with Gasteiger partial charge in [-0.05, 0) is 20.3 Å². The summed E-state index contributed by atoms with van der Waals surface area (Å²) in [6.07, 6.45) is 4.77. The summed E-state index contributed by atoms with van der Waals surface area (Å²) < 4.78 is 0. The van der Waals surface area contributed by atoms with Crippen molar-refractivity contribution in [2.45, 2.75) is 85.8 Å². The van der Waals surface area contributed by atoms with E-state index < -0.39 is 5.60 Å². The first-order chi connectivity index (χ1) is 9.41. The van der Waals surface area contributed by atoms with E-state index in [2.05, 4.69) is 19.2 Å². The molecule has 0 spiro atoms. The van der Waals surface area contributed by atoms with Gasteiger partial charge in [-0.2, -0.15) is 0 Å². The van der Waals surface area contributed by atoms with Crippen molar-refractivity contribution in [2.75, 3.05) is 0 Å². The minimum Gasteiger partial charge on any atom is -0.387 e. The fourth-order valence-electron chi connectivity index (χ4n) is 1.98. The second-order valence-corrected chi connectivity index (χ2v) is 4.77. The molecule has 0 saturated carbocycles. The van der Waals surface area contributed by atoms with Crippen LogP contribution in [-0.4, -0.2) is 29.4 Å². The van der Waals surface area contributed by atoms with E-state index in [-0.39, 0.29) is 17.9 Å². The Morgan fingerprint density at radius 1 is 1.20 bits per heavy atom. The van der Waals surface area contributed by atoms with E-state index in [4.69, 9.17) is 4.79 Å². The van der Waals surface area contributed by atoms with Crippen molar-refractivity contribution in [3.05, 3.63) is 0 Å². The number of unbranched alkanes of at least 4 members (excludes halogenated alkanes) is 2. The summed E-state index contributed by atoms with van der Waals surface area (Å²) in [6, 6.07) is -0.125. The van der Waals surface area contributed by atoms with Gasteiger partial charge in [-0.1, -0.05) is 53.9 Å². The van der Waals surface area contributed by atoms with Gasteiger partial charge in [0.15, 0.2) is 0 Å². The zero-order valence-electron chi connectivity index (χ0n) is 14.5. The molecule has 122 valence electrons. The highest BCUT2D eigenvalue weighted by Crippen LogP contribution is 2.29. The SMILES string of the molecule is C=O.CC.CCC1C(=O)NC(C)C1(C)O.CCCCC. The Bertz CT molecular complexity index is 228. The molecule has 1 heterocycles. The Kier molecular flexibility index (Phi) is 17.5. The lowest BCUT2D eigenvalue weighted by atomic mass is 9.86. The molecule has 4 heteroatoms. The second-order valence-electron chi connectivity index (χ2n) is 4.77. The molecule has 20 heavy (non-hydrogen) atoms. The number of rotatable bonds is 3. The van der Waals surface area contributed by atoms with Crippen molar-refractivity contribution in [3.63, 3.8) is 0 Å². The van der Waals surface area contributed by atoms with Crippen molar-refractivity contribution in [1.82, 2.24) is 5.32 Å². The lowest BCUT2D eigenvalue weighted by molar-refractivity contribution is -0.125. The maximum Gasteiger partial charge on any atom is 0.226 e. The number of nitrogens with one attached hydrogen (secondary N) is 1. The first kappa shape index (κ1) is 24.1. The van der Waals surface area contributed by atoms with E-state index in [9.17, 15) is 9.90 Å². The molecule has 1 saturated heterocycles. The first-order valence-electron chi connectivity index (χ1n) is 7.73. The third-order valence-electron chi connectivity index (χ3n) is 3.37. The van der Waals surface area contributed by atoms with Crippen LogP contribution in [0.15, 0.2) is 0 Å². The van der Waals surface area contributed by atoms with Crippen LogP contribution < -0.4 is 5.32 Å². The van der Waals surface area contributed by atoms with Crippen LogP contribution >= 0.6 is 0 Å². The van der Waals surface area contributed by atoms with Crippen LogP contribution in [0.1, 0.15) is 74.1 Å². The summed E-state index contributed by atoms with van der Waals surface area (Å²) in [5.41, 5.74) is -0.869. The highest BCUT2D eigenvalue weighted by molar-refractivity contribution is 5.83. The van der Waals surface area contributed by atoms with E-state index >= 15 is 0 Å². The number of amides is 1. The van der Waals surface area contributed by atoms with E-state index in [1.54, 1.807) is 6.92 Å². The first-order valence-corrected chi connectivity index (χ1v) is 7.73. The molecule has 1 fully saturated rings. The van der Waals surface area contributed by atoms with Gasteiger partial charge in [0, 0.05) is 0 Å². The molecule has 0 bridgehead atoms. The molecule has 3 unspecified atom stereocenters. The molecule has 3 atom stereocenters. The average molecular weight is 289 g/mol. The standard InChI is InChI=1S/C8H15NO2.C5H12.C2H6.CH2O/c1-4-6-7(10)9-5(2)8(6,3)11;1-3-5-4-2;2*1-2/h5-6,11H,4H2,1-3H3,(H,9,10);3-5H2,1-2H3;1-2H3;1H2. The van der Waals surface area contributed by atoms with Gasteiger partial charge in [-0.25, -0.2) is 0 Å². The van der Waals surface area contributed by atoms with Crippen molar-refractivity contribution in [1.29, 1.82) is 0 Å². The number of aliphatic hydroxyl groups is 1. The highest BCUT2D eigenvalue weighted by Gasteiger charge is 2.47. The van der Waals surface area contributed by atoms with Gasteiger partial charge in [0.2, 0.25) is 5.91 Å². The summed E-state index contributed by atoms with van der Waals surface area (Å²) in [5.74, 6) is -0.262. The van der Waals surface area contributed by atoms with Gasteiger partial charge in [-0.15, -0.1) is 0 Å². The minimum absolute atomic E-state index is 0.0231. The van der Waals surface area contributed by atoms with Crippen molar-refractivity contribution >= 4 is 12.7 Å². The van der Waals surface area contributed by atoms with Gasteiger partial charge in [0.05, 0.1) is 17.6 Å². The average Bonchev–Trinajstić information content (AvgIpc) is 2.64. The van der Waals surface area contributed by atoms with E-state index in [1.165, 1.54) is 19.3 Å². The van der Waals surface area contributed by atoms with Crippen LogP contribution in [0.25, 0.3) is 0 Å². The molecule has 1 amide bonds. The van der Waals surface area contributed by atoms with E-state index in [1.807, 2.05) is 34.5 Å². The number of carbonyl (C=O) groups is 2. The normalized spacial score (nSPS) is 26.9. The highest BCUT2D eigenvalue weighted by atomic mass is 16.3. The third kappa shape index (κ3) is 8.31. The van der Waals surface area contributed by atoms with Gasteiger partial charge >= 0.3 is 0 Å². The van der Waals surface area contributed by atoms with Crippen molar-refractivity contribution in [3.8, 4) is 0 Å². The Morgan fingerprint density at radius 3 is 1.70 bits per heavy atom. The van der Waals surface area contributed by atoms with Crippen LogP contribution in [0.5, 0.6) is 0 Å². The van der Waals surface area contributed by atoms with Crippen LogP contribution in [0, 0.1) is 5.92 Å². The van der Waals surface area contributed by atoms with E-state index in [0.29, 0.717) is 6.42 Å². The van der Waals surface area contributed by atoms with Crippen molar-refractivity contribution in [2.24, 2.45) is 5.92 Å². The topological polar surface area (TPSA) is 66.4 Å². The lowest BCUT2D eigenvalue weighted by Gasteiger charge is -2.25. The summed E-state index contributed by atoms with van der Waals surface area (Å²) in [4.78, 5) is 19.2. The summed E-state index contributed by atoms with van der Waals surface area (Å²) >= 11 is 0. The minimum atomic E-state index is -0.869. The fraction of sp³-hybridized carbons (Fsp3) is 0.875. The summed E-state index contributed by atoms with van der Waals surface area (Å²) in [6.45, 7) is 15.9. The lowest BCUT2D eigenvalue weighted by Crippen LogP contribution is -2.40. The Morgan fingerprint density at radius 2 is 1.60 bits per heavy atom. The summed E-state index contributed by atoms with van der Waals surface area (Å²) in [5, 5.41) is 12.5. The molecule has 1 aliphatic heterocycles. The predicted octanol–water partition coefficient (Wildman–Crippen LogP) is 3.32. The monoisotopic (exact) mass is 289 g/mol. The molecule has 1 rings (SSSR count). The van der Waals surface area contributed by atoms with Gasteiger partial charge in [0.1, 0.15) is 6.79 Å². The van der Waals surface area contributed by atoms with Gasteiger partial charge in [-0.3, -0.25) is 4.79 Å². The molecular weight excluding hydrogens is 254 g/mol. The predicted molar refractivity (Wildman–Crippen MR) is 85.7 cm³/mol. The quantitative estimate of drug-likeness (QED) is 0.837. The molecule has 0 aromatic rings. The third-order valence-corrected chi connectivity index (χ3v) is 3.37. The van der Waals surface area contributed by atoms with Crippen LogP contribution in [0.2, 0.25) is 0 Å². The maximum absolute atomic E-state index is 11.2. The fourth-order valence-corrected chi connectivity index (χ4v) is 1.98. The van der Waals surface area contributed by atoms with Crippen LogP contribution in [-0.2, 0) is 9.59 Å². The number of hydrogen-bond acceptors (Lipinski definition) is 3.